The van der Waals surface area contributed by atoms with E-state index in [1.807, 2.05) is 13.0 Å². The molecule has 2 aromatic rings. The zero-order chi connectivity index (χ0) is 16.2. The molecule has 1 saturated heterocycles. The minimum Gasteiger partial charge on any atom is -0.373 e. The standard InChI is InChI=1S/C18H22ClN3O/c1-3-15-17(19)21-12(2)22-18(15)20-11-14-9-10-23-16(14)13-7-5-4-6-8-13/h4-8,14,16H,3,9-11H2,1-2H3,(H,20,21,22). The fourth-order valence-corrected chi connectivity index (χ4v) is 3.45. The maximum Gasteiger partial charge on any atom is 0.138 e. The van der Waals surface area contributed by atoms with E-state index in [1.165, 1.54) is 5.56 Å². The maximum absolute atomic E-state index is 6.24. The van der Waals surface area contributed by atoms with Gasteiger partial charge in [0, 0.05) is 24.6 Å². The molecule has 5 heteroatoms. The quantitative estimate of drug-likeness (QED) is 0.834. The average molecular weight is 332 g/mol. The second-order valence-electron chi connectivity index (χ2n) is 5.87. The molecule has 0 saturated carbocycles. The molecule has 122 valence electrons. The van der Waals surface area contributed by atoms with E-state index in [2.05, 4.69) is 46.5 Å². The number of nitrogens with zero attached hydrogens (tertiary/aromatic N) is 2. The minimum absolute atomic E-state index is 0.146. The highest BCUT2D eigenvalue weighted by Crippen LogP contribution is 2.34. The van der Waals surface area contributed by atoms with Crippen LogP contribution in [0.5, 0.6) is 0 Å². The van der Waals surface area contributed by atoms with E-state index in [1.54, 1.807) is 0 Å². The lowest BCUT2D eigenvalue weighted by Crippen LogP contribution is -2.19. The molecule has 1 fully saturated rings. The Hall–Kier alpha value is -1.65. The number of anilines is 1. The average Bonchev–Trinajstić information content (AvgIpc) is 3.02. The summed E-state index contributed by atoms with van der Waals surface area (Å²) in [6.45, 7) is 5.55. The maximum atomic E-state index is 6.24. The molecule has 3 rings (SSSR count). The second-order valence-corrected chi connectivity index (χ2v) is 6.23. The topological polar surface area (TPSA) is 47.0 Å². The van der Waals surface area contributed by atoms with E-state index >= 15 is 0 Å². The molecule has 0 bridgehead atoms. The Balaban J connectivity index is 1.73. The number of hydrogen-bond acceptors (Lipinski definition) is 4. The first-order valence-corrected chi connectivity index (χ1v) is 8.50. The molecular weight excluding hydrogens is 310 g/mol. The van der Waals surface area contributed by atoms with Gasteiger partial charge in [0.2, 0.25) is 0 Å². The molecule has 2 atom stereocenters. The van der Waals surface area contributed by atoms with Gasteiger partial charge < -0.3 is 10.1 Å². The van der Waals surface area contributed by atoms with Crippen LogP contribution >= 0.6 is 11.6 Å². The number of aromatic nitrogens is 2. The van der Waals surface area contributed by atoms with E-state index in [0.717, 1.165) is 37.4 Å². The summed E-state index contributed by atoms with van der Waals surface area (Å²) < 4.78 is 5.95. The second kappa shape index (κ2) is 7.28. The number of halogens is 1. The first kappa shape index (κ1) is 16.2. The molecule has 1 aromatic heterocycles. The zero-order valence-corrected chi connectivity index (χ0v) is 14.3. The fourth-order valence-electron chi connectivity index (χ4n) is 3.10. The predicted octanol–water partition coefficient (Wildman–Crippen LogP) is 4.19. The van der Waals surface area contributed by atoms with Gasteiger partial charge in [-0.05, 0) is 25.3 Å². The fraction of sp³-hybridized carbons (Fsp3) is 0.444. The Kier molecular flexibility index (Phi) is 5.13. The van der Waals surface area contributed by atoms with Gasteiger partial charge in [-0.15, -0.1) is 0 Å². The van der Waals surface area contributed by atoms with Crippen molar-refractivity contribution in [1.82, 2.24) is 9.97 Å². The lowest BCUT2D eigenvalue weighted by Gasteiger charge is -2.20. The van der Waals surface area contributed by atoms with Crippen molar-refractivity contribution in [2.24, 2.45) is 5.92 Å². The molecule has 0 spiro atoms. The number of aryl methyl sites for hydroxylation is 1. The Morgan fingerprint density at radius 3 is 2.78 bits per heavy atom. The summed E-state index contributed by atoms with van der Waals surface area (Å²) >= 11 is 6.24. The molecule has 2 unspecified atom stereocenters. The third-order valence-electron chi connectivity index (χ3n) is 4.30. The van der Waals surface area contributed by atoms with Crippen LogP contribution in [0.3, 0.4) is 0 Å². The molecule has 1 aromatic carbocycles. The van der Waals surface area contributed by atoms with Gasteiger partial charge in [0.15, 0.2) is 0 Å². The molecule has 0 radical (unpaired) electrons. The van der Waals surface area contributed by atoms with Crippen LogP contribution in [-0.4, -0.2) is 23.1 Å². The number of hydrogen-bond donors (Lipinski definition) is 1. The highest BCUT2D eigenvalue weighted by molar-refractivity contribution is 6.30. The summed E-state index contributed by atoms with van der Waals surface area (Å²) in [5.74, 6) is 1.97. The van der Waals surface area contributed by atoms with Crippen LogP contribution in [0, 0.1) is 12.8 Å². The van der Waals surface area contributed by atoms with E-state index in [9.17, 15) is 0 Å². The van der Waals surface area contributed by atoms with Crippen LogP contribution in [0.15, 0.2) is 30.3 Å². The Labute approximate surface area is 142 Å². The van der Waals surface area contributed by atoms with Crippen molar-refractivity contribution in [1.29, 1.82) is 0 Å². The van der Waals surface area contributed by atoms with Gasteiger partial charge in [0.1, 0.15) is 16.8 Å². The molecule has 1 N–H and O–H groups in total. The number of nitrogens with one attached hydrogen (secondary N) is 1. The van der Waals surface area contributed by atoms with E-state index < -0.39 is 0 Å². The summed E-state index contributed by atoms with van der Waals surface area (Å²) in [6, 6.07) is 10.4. The van der Waals surface area contributed by atoms with Crippen LogP contribution in [0.4, 0.5) is 5.82 Å². The van der Waals surface area contributed by atoms with Crippen LogP contribution in [-0.2, 0) is 11.2 Å². The van der Waals surface area contributed by atoms with Crippen LogP contribution in [0.2, 0.25) is 5.15 Å². The van der Waals surface area contributed by atoms with Gasteiger partial charge in [-0.25, -0.2) is 9.97 Å². The zero-order valence-electron chi connectivity index (χ0n) is 13.6. The van der Waals surface area contributed by atoms with Crippen molar-refractivity contribution in [3.8, 4) is 0 Å². The molecule has 1 aliphatic heterocycles. The summed E-state index contributed by atoms with van der Waals surface area (Å²) in [6.07, 6.45) is 2.00. The van der Waals surface area contributed by atoms with Gasteiger partial charge in [0.25, 0.3) is 0 Å². The van der Waals surface area contributed by atoms with E-state index in [0.29, 0.717) is 16.9 Å². The lowest BCUT2D eigenvalue weighted by molar-refractivity contribution is 0.0933. The molecule has 4 nitrogen and oxygen atoms in total. The first-order chi connectivity index (χ1) is 11.2. The molecule has 2 heterocycles. The normalized spacial score (nSPS) is 20.7. The monoisotopic (exact) mass is 331 g/mol. The summed E-state index contributed by atoms with van der Waals surface area (Å²) in [5.41, 5.74) is 2.22. The van der Waals surface area contributed by atoms with E-state index in [4.69, 9.17) is 16.3 Å². The van der Waals surface area contributed by atoms with Crippen LogP contribution in [0.25, 0.3) is 0 Å². The Morgan fingerprint density at radius 1 is 1.26 bits per heavy atom. The Bertz CT molecular complexity index is 663. The first-order valence-electron chi connectivity index (χ1n) is 8.12. The van der Waals surface area contributed by atoms with Gasteiger partial charge in [0.05, 0.1) is 6.10 Å². The van der Waals surface area contributed by atoms with Crippen molar-refractivity contribution in [2.75, 3.05) is 18.5 Å². The van der Waals surface area contributed by atoms with Crippen LogP contribution < -0.4 is 5.32 Å². The lowest BCUT2D eigenvalue weighted by atomic mass is 9.95. The van der Waals surface area contributed by atoms with Gasteiger partial charge in [-0.3, -0.25) is 0 Å². The highest BCUT2D eigenvalue weighted by Gasteiger charge is 2.29. The van der Waals surface area contributed by atoms with Gasteiger partial charge in [-0.2, -0.15) is 0 Å². The molecule has 0 amide bonds. The highest BCUT2D eigenvalue weighted by atomic mass is 35.5. The third-order valence-corrected chi connectivity index (χ3v) is 4.61. The molecule has 1 aliphatic rings. The number of rotatable bonds is 5. The minimum atomic E-state index is 0.146. The van der Waals surface area contributed by atoms with Gasteiger partial charge >= 0.3 is 0 Å². The van der Waals surface area contributed by atoms with Crippen molar-refractivity contribution in [3.05, 3.63) is 52.4 Å². The smallest absolute Gasteiger partial charge is 0.138 e. The molecular formula is C18H22ClN3O. The Morgan fingerprint density at radius 2 is 2.04 bits per heavy atom. The van der Waals surface area contributed by atoms with Crippen molar-refractivity contribution >= 4 is 17.4 Å². The number of ether oxygens (including phenoxy) is 1. The van der Waals surface area contributed by atoms with Crippen molar-refractivity contribution < 1.29 is 4.74 Å². The van der Waals surface area contributed by atoms with E-state index in [-0.39, 0.29) is 6.10 Å². The summed E-state index contributed by atoms with van der Waals surface area (Å²) in [7, 11) is 0. The van der Waals surface area contributed by atoms with Crippen molar-refractivity contribution in [3.63, 3.8) is 0 Å². The largest absolute Gasteiger partial charge is 0.373 e. The molecule has 23 heavy (non-hydrogen) atoms. The number of benzene rings is 1. The van der Waals surface area contributed by atoms with Gasteiger partial charge in [-0.1, -0.05) is 48.9 Å². The SMILES string of the molecule is CCc1c(Cl)nc(C)nc1NCC1CCOC1c1ccccc1. The third kappa shape index (κ3) is 3.65. The van der Waals surface area contributed by atoms with Crippen molar-refractivity contribution in [2.45, 2.75) is 32.8 Å². The summed E-state index contributed by atoms with van der Waals surface area (Å²) in [5, 5.41) is 4.02. The van der Waals surface area contributed by atoms with Crippen LogP contribution in [0.1, 0.15) is 36.4 Å². The molecule has 0 aliphatic carbocycles. The summed E-state index contributed by atoms with van der Waals surface area (Å²) in [4.78, 5) is 8.75. The predicted molar refractivity (Wildman–Crippen MR) is 92.9 cm³/mol.